The maximum Gasteiger partial charge on any atom is 0.0851 e. The third-order valence-corrected chi connectivity index (χ3v) is 2.79. The molecule has 3 nitrogen and oxygen atoms in total. The average molecular weight is 183 g/mol. The van der Waals surface area contributed by atoms with Crippen LogP contribution in [0.3, 0.4) is 0 Å². The van der Waals surface area contributed by atoms with E-state index in [9.17, 15) is 5.11 Å². The Morgan fingerprint density at radius 1 is 1.77 bits per heavy atom. The first-order chi connectivity index (χ1) is 6.12. The van der Waals surface area contributed by atoms with Gasteiger partial charge in [0, 0.05) is 19.4 Å². The number of nitrogens with zero attached hydrogens (tertiary/aromatic N) is 1. The molecule has 1 N–H and O–H groups in total. The zero-order valence-electron chi connectivity index (χ0n) is 8.29. The van der Waals surface area contributed by atoms with E-state index in [1.807, 2.05) is 13.8 Å². The van der Waals surface area contributed by atoms with Gasteiger partial charge in [-0.25, -0.2) is 0 Å². The first-order valence-corrected chi connectivity index (χ1v) is 4.86. The molecule has 1 heterocycles. The first-order valence-electron chi connectivity index (χ1n) is 4.86. The van der Waals surface area contributed by atoms with Crippen LogP contribution in [0.2, 0.25) is 0 Å². The summed E-state index contributed by atoms with van der Waals surface area (Å²) in [5.74, 6) is -0.251. The molecule has 3 unspecified atom stereocenters. The predicted molar refractivity (Wildman–Crippen MR) is 49.0 cm³/mol. The molecule has 13 heavy (non-hydrogen) atoms. The standard InChI is InChI=1S/C10H17NO2/c1-3-9(7-11)10(12)4-5-13-8(2)6-10/h8-9,12H,3-6H2,1-2H3. The molecule has 1 aliphatic heterocycles. The molecular formula is C10H17NO2. The molecule has 3 atom stereocenters. The van der Waals surface area contributed by atoms with Crippen LogP contribution in [0.5, 0.6) is 0 Å². The van der Waals surface area contributed by atoms with E-state index in [0.717, 1.165) is 0 Å². The summed E-state index contributed by atoms with van der Waals surface area (Å²) in [6.45, 7) is 4.44. The Kier molecular flexibility index (Phi) is 3.29. The lowest BCUT2D eigenvalue weighted by Gasteiger charge is -2.38. The van der Waals surface area contributed by atoms with Crippen molar-refractivity contribution in [1.29, 1.82) is 5.26 Å². The fourth-order valence-corrected chi connectivity index (χ4v) is 2.00. The molecule has 1 aliphatic rings. The number of aliphatic hydroxyl groups is 1. The van der Waals surface area contributed by atoms with E-state index in [0.29, 0.717) is 25.9 Å². The second-order valence-corrected chi connectivity index (χ2v) is 3.83. The van der Waals surface area contributed by atoms with E-state index < -0.39 is 5.60 Å². The third kappa shape index (κ3) is 2.20. The number of nitriles is 1. The van der Waals surface area contributed by atoms with Gasteiger partial charge >= 0.3 is 0 Å². The molecule has 0 amide bonds. The average Bonchev–Trinajstić information content (AvgIpc) is 2.05. The van der Waals surface area contributed by atoms with Crippen LogP contribution >= 0.6 is 0 Å². The van der Waals surface area contributed by atoms with Crippen molar-refractivity contribution in [3.8, 4) is 6.07 Å². The predicted octanol–water partition coefficient (Wildman–Crippen LogP) is 1.47. The van der Waals surface area contributed by atoms with E-state index >= 15 is 0 Å². The minimum Gasteiger partial charge on any atom is -0.388 e. The van der Waals surface area contributed by atoms with Gasteiger partial charge in [0.25, 0.3) is 0 Å². The Bertz CT molecular complexity index is 211. The summed E-state index contributed by atoms with van der Waals surface area (Å²) < 4.78 is 5.34. The molecule has 1 rings (SSSR count). The maximum absolute atomic E-state index is 10.2. The van der Waals surface area contributed by atoms with E-state index in [1.54, 1.807) is 0 Å². The lowest BCUT2D eigenvalue weighted by molar-refractivity contribution is -0.116. The number of ether oxygens (including phenoxy) is 1. The SMILES string of the molecule is CCC(C#N)C1(O)CCOC(C)C1. The Morgan fingerprint density at radius 2 is 2.46 bits per heavy atom. The van der Waals surface area contributed by atoms with Crippen molar-refractivity contribution in [2.45, 2.75) is 44.8 Å². The van der Waals surface area contributed by atoms with Crippen LogP contribution in [-0.2, 0) is 4.74 Å². The van der Waals surface area contributed by atoms with Crippen LogP contribution in [0.15, 0.2) is 0 Å². The monoisotopic (exact) mass is 183 g/mol. The fraction of sp³-hybridized carbons (Fsp3) is 0.900. The van der Waals surface area contributed by atoms with Crippen LogP contribution in [0.4, 0.5) is 0 Å². The van der Waals surface area contributed by atoms with Gasteiger partial charge in [-0.1, -0.05) is 6.92 Å². The maximum atomic E-state index is 10.2. The van der Waals surface area contributed by atoms with Gasteiger partial charge in [-0.2, -0.15) is 5.26 Å². The molecule has 0 aromatic heterocycles. The molecule has 74 valence electrons. The van der Waals surface area contributed by atoms with Crippen molar-refractivity contribution in [2.75, 3.05) is 6.61 Å². The minimum absolute atomic E-state index is 0.0705. The van der Waals surface area contributed by atoms with Gasteiger partial charge in [0.2, 0.25) is 0 Å². The van der Waals surface area contributed by atoms with Crippen LogP contribution < -0.4 is 0 Å². The van der Waals surface area contributed by atoms with Gasteiger partial charge in [0.1, 0.15) is 0 Å². The Morgan fingerprint density at radius 3 is 2.92 bits per heavy atom. The topological polar surface area (TPSA) is 53.2 Å². The molecule has 0 aliphatic carbocycles. The minimum atomic E-state index is -0.818. The van der Waals surface area contributed by atoms with Crippen molar-refractivity contribution >= 4 is 0 Å². The van der Waals surface area contributed by atoms with Crippen molar-refractivity contribution in [3.05, 3.63) is 0 Å². The Hall–Kier alpha value is -0.590. The molecule has 1 fully saturated rings. The van der Waals surface area contributed by atoms with E-state index in [2.05, 4.69) is 6.07 Å². The molecule has 0 saturated carbocycles. The van der Waals surface area contributed by atoms with Gasteiger partial charge < -0.3 is 9.84 Å². The highest BCUT2D eigenvalue weighted by Crippen LogP contribution is 2.33. The number of hydrogen-bond donors (Lipinski definition) is 1. The second-order valence-electron chi connectivity index (χ2n) is 3.83. The van der Waals surface area contributed by atoms with Crippen LogP contribution in [0.1, 0.15) is 33.1 Å². The largest absolute Gasteiger partial charge is 0.388 e. The lowest BCUT2D eigenvalue weighted by Crippen LogP contribution is -2.45. The van der Waals surface area contributed by atoms with Crippen molar-refractivity contribution < 1.29 is 9.84 Å². The van der Waals surface area contributed by atoms with E-state index in [-0.39, 0.29) is 12.0 Å². The molecule has 0 aromatic rings. The summed E-state index contributed by atoms with van der Waals surface area (Å²) in [5.41, 5.74) is -0.818. The zero-order chi connectivity index (χ0) is 9.90. The van der Waals surface area contributed by atoms with Crippen LogP contribution in [0, 0.1) is 17.2 Å². The smallest absolute Gasteiger partial charge is 0.0851 e. The summed E-state index contributed by atoms with van der Waals surface area (Å²) in [6.07, 6.45) is 1.95. The van der Waals surface area contributed by atoms with Gasteiger partial charge in [-0.05, 0) is 13.3 Å². The highest BCUT2D eigenvalue weighted by molar-refractivity contribution is 5.00. The van der Waals surface area contributed by atoms with Crippen molar-refractivity contribution in [2.24, 2.45) is 5.92 Å². The molecular weight excluding hydrogens is 166 g/mol. The lowest BCUT2D eigenvalue weighted by atomic mass is 9.78. The molecule has 0 aromatic carbocycles. The van der Waals surface area contributed by atoms with Gasteiger partial charge in [0.15, 0.2) is 0 Å². The van der Waals surface area contributed by atoms with Gasteiger partial charge in [-0.3, -0.25) is 0 Å². The second kappa shape index (κ2) is 4.08. The summed E-state index contributed by atoms with van der Waals surface area (Å²) >= 11 is 0. The third-order valence-electron chi connectivity index (χ3n) is 2.79. The summed E-state index contributed by atoms with van der Waals surface area (Å²) in [4.78, 5) is 0. The van der Waals surface area contributed by atoms with Crippen molar-refractivity contribution in [1.82, 2.24) is 0 Å². The van der Waals surface area contributed by atoms with Crippen LogP contribution in [-0.4, -0.2) is 23.4 Å². The molecule has 0 bridgehead atoms. The first kappa shape index (κ1) is 10.5. The highest BCUT2D eigenvalue weighted by atomic mass is 16.5. The fourth-order valence-electron chi connectivity index (χ4n) is 2.00. The normalized spacial score (nSPS) is 36.6. The summed E-state index contributed by atoms with van der Waals surface area (Å²) in [5, 5.41) is 19.1. The number of hydrogen-bond acceptors (Lipinski definition) is 3. The van der Waals surface area contributed by atoms with Crippen LogP contribution in [0.25, 0.3) is 0 Å². The molecule has 0 spiro atoms. The summed E-state index contributed by atoms with van der Waals surface area (Å²) in [6, 6.07) is 2.18. The van der Waals surface area contributed by atoms with E-state index in [1.165, 1.54) is 0 Å². The van der Waals surface area contributed by atoms with Gasteiger partial charge in [-0.15, -0.1) is 0 Å². The van der Waals surface area contributed by atoms with E-state index in [4.69, 9.17) is 10.00 Å². The Labute approximate surface area is 79.3 Å². The Balaban J connectivity index is 2.68. The number of rotatable bonds is 2. The van der Waals surface area contributed by atoms with Crippen molar-refractivity contribution in [3.63, 3.8) is 0 Å². The quantitative estimate of drug-likeness (QED) is 0.705. The highest BCUT2D eigenvalue weighted by Gasteiger charge is 2.39. The molecule has 3 heteroatoms. The summed E-state index contributed by atoms with van der Waals surface area (Å²) in [7, 11) is 0. The molecule has 1 saturated heterocycles. The molecule has 0 radical (unpaired) electrons. The zero-order valence-corrected chi connectivity index (χ0v) is 8.29. The van der Waals surface area contributed by atoms with Gasteiger partial charge in [0.05, 0.1) is 23.7 Å².